The molecule has 4 aromatic carbocycles. The molecular formula is C59H96N8. The Balaban J connectivity index is 0.000000190. The Labute approximate surface area is 411 Å². The van der Waals surface area contributed by atoms with E-state index < -0.39 is 0 Å². The third kappa shape index (κ3) is 17.7. The van der Waals surface area contributed by atoms with Crippen LogP contribution in [0.1, 0.15) is 105 Å². The Morgan fingerprint density at radius 1 is 0.448 bits per heavy atom. The molecule has 0 bridgehead atoms. The Hall–Kier alpha value is -4.08. The first kappa shape index (κ1) is 55.5. The van der Waals surface area contributed by atoms with Crippen molar-refractivity contribution >= 4 is 22.7 Å². The van der Waals surface area contributed by atoms with Gasteiger partial charge < -0.3 is 24.9 Å². The minimum Gasteiger partial charge on any atom is -0.369 e. The van der Waals surface area contributed by atoms with Crippen LogP contribution in [-0.4, -0.2) is 137 Å². The number of hydrogen-bond acceptors (Lipinski definition) is 8. The molecule has 1 aliphatic carbocycles. The summed E-state index contributed by atoms with van der Waals surface area (Å²) in [5.41, 5.74) is 9.48. The van der Waals surface area contributed by atoms with E-state index in [2.05, 4.69) is 212 Å². The standard InChI is InChI=1S/C15H22N2.C14H22N2.2C13H20N2.2C2H6/c1-13-5-7-15(8-6-13)17-11-9-16(10-12-17)14-3-2-4-14;1-12(2)15-8-10-16(11-9-15)14-6-4-13(3)5-7-14;1-10-4-6-13(7-5-10)15-8-11(2)14-12(3)9-15;1-11-9-15(10-12(2)14(11)3)13-7-5-4-6-8-13;2*1-2/h5-8,14H,2-4,9-12H2,1H3;4-7,12H,8-11H2,1-3H3;4-7,11-12,14H,8-9H2,1-3H3;4-8,11-12H,9-10H2,1-3H3;2*1-2H3. The van der Waals surface area contributed by atoms with Crippen LogP contribution in [0.25, 0.3) is 0 Å². The summed E-state index contributed by atoms with van der Waals surface area (Å²) >= 11 is 0. The van der Waals surface area contributed by atoms with Crippen LogP contribution < -0.4 is 24.9 Å². The van der Waals surface area contributed by atoms with Crippen LogP contribution in [0.15, 0.2) is 103 Å². The van der Waals surface area contributed by atoms with E-state index in [9.17, 15) is 0 Å². The summed E-state index contributed by atoms with van der Waals surface area (Å²) in [7, 11) is 2.22. The minimum atomic E-state index is 0.579. The highest BCUT2D eigenvalue weighted by Gasteiger charge is 2.28. The maximum atomic E-state index is 3.55. The summed E-state index contributed by atoms with van der Waals surface area (Å²) in [6.07, 6.45) is 4.32. The lowest BCUT2D eigenvalue weighted by Crippen LogP contribution is -2.55. The van der Waals surface area contributed by atoms with Gasteiger partial charge in [-0.15, -0.1) is 0 Å². The normalized spacial score (nSPS) is 22.5. The minimum absolute atomic E-state index is 0.579. The number of aryl methyl sites for hydroxylation is 3. The SMILES string of the molecule is CC.CC.CC1CN(c2ccccc2)CC(C)N1C.Cc1ccc(N2CC(C)NC(C)C2)cc1.Cc1ccc(N2CCN(C(C)C)CC2)cc1.Cc1ccc(N2CCN(C3CCC3)CC2)cc1. The Morgan fingerprint density at radius 2 is 0.806 bits per heavy atom. The van der Waals surface area contributed by atoms with Gasteiger partial charge in [-0.3, -0.25) is 14.7 Å². The van der Waals surface area contributed by atoms with Crippen LogP contribution in [0.5, 0.6) is 0 Å². The molecule has 0 spiro atoms. The van der Waals surface area contributed by atoms with Crippen molar-refractivity contribution in [2.45, 2.75) is 146 Å². The highest BCUT2D eigenvalue weighted by Crippen LogP contribution is 2.27. The van der Waals surface area contributed by atoms with Crippen LogP contribution in [0, 0.1) is 20.8 Å². The summed E-state index contributed by atoms with van der Waals surface area (Å²) in [4.78, 5) is 17.6. The summed E-state index contributed by atoms with van der Waals surface area (Å²) in [5, 5.41) is 3.55. The van der Waals surface area contributed by atoms with Gasteiger partial charge in [-0.05, 0) is 131 Å². The fraction of sp³-hybridized carbons (Fsp3) is 0.593. The van der Waals surface area contributed by atoms with Gasteiger partial charge >= 0.3 is 0 Å². The van der Waals surface area contributed by atoms with Crippen molar-refractivity contribution in [3.05, 3.63) is 120 Å². The molecule has 1 N–H and O–H groups in total. The number of nitrogens with zero attached hydrogens (tertiary/aromatic N) is 7. The van der Waals surface area contributed by atoms with E-state index in [1.54, 1.807) is 0 Å². The van der Waals surface area contributed by atoms with Crippen molar-refractivity contribution in [3.8, 4) is 0 Å². The maximum Gasteiger partial charge on any atom is 0.0367 e. The second-order valence-electron chi connectivity index (χ2n) is 19.7. The topological polar surface area (TPSA) is 34.7 Å². The third-order valence-electron chi connectivity index (χ3n) is 14.2. The molecular weight excluding hydrogens is 821 g/mol. The zero-order valence-electron chi connectivity index (χ0n) is 45.0. The molecule has 5 aliphatic rings. The van der Waals surface area contributed by atoms with Gasteiger partial charge in [-0.25, -0.2) is 0 Å². The highest BCUT2D eigenvalue weighted by molar-refractivity contribution is 5.50. The maximum absolute atomic E-state index is 3.55. The van der Waals surface area contributed by atoms with E-state index in [1.165, 1.54) is 98.0 Å². The first-order chi connectivity index (χ1) is 32.3. The van der Waals surface area contributed by atoms with Gasteiger partial charge in [-0.1, -0.05) is 105 Å². The van der Waals surface area contributed by atoms with Crippen LogP contribution >= 0.6 is 0 Å². The summed E-state index contributed by atoms with van der Waals surface area (Å²) in [6, 6.07) is 41.4. The quantitative estimate of drug-likeness (QED) is 0.205. The van der Waals surface area contributed by atoms with Crippen molar-refractivity contribution in [2.75, 3.05) is 105 Å². The second-order valence-corrected chi connectivity index (χ2v) is 19.7. The van der Waals surface area contributed by atoms with Crippen LogP contribution in [0.2, 0.25) is 0 Å². The fourth-order valence-corrected chi connectivity index (χ4v) is 9.65. The van der Waals surface area contributed by atoms with Gasteiger partial charge in [0, 0.05) is 138 Å². The number of nitrogens with one attached hydrogen (secondary N) is 1. The molecule has 4 saturated heterocycles. The molecule has 4 unspecified atom stereocenters. The summed E-state index contributed by atoms with van der Waals surface area (Å²) in [5.74, 6) is 0. The molecule has 0 amide bonds. The largest absolute Gasteiger partial charge is 0.369 e. The average molecular weight is 917 g/mol. The monoisotopic (exact) mass is 917 g/mol. The molecule has 4 aliphatic heterocycles. The predicted molar refractivity (Wildman–Crippen MR) is 296 cm³/mol. The molecule has 9 rings (SSSR count). The molecule has 1 saturated carbocycles. The molecule has 4 heterocycles. The number of rotatable bonds is 6. The second kappa shape index (κ2) is 29.1. The fourth-order valence-electron chi connectivity index (χ4n) is 9.65. The highest BCUT2D eigenvalue weighted by atomic mass is 15.3. The number of benzene rings is 4. The van der Waals surface area contributed by atoms with Crippen molar-refractivity contribution in [1.29, 1.82) is 0 Å². The zero-order chi connectivity index (χ0) is 48.9. The average Bonchev–Trinajstić information content (AvgIpc) is 3.33. The van der Waals surface area contributed by atoms with Gasteiger partial charge in [0.15, 0.2) is 0 Å². The van der Waals surface area contributed by atoms with E-state index in [0.717, 1.165) is 45.3 Å². The molecule has 8 nitrogen and oxygen atoms in total. The van der Waals surface area contributed by atoms with Gasteiger partial charge in [-0.2, -0.15) is 0 Å². The molecule has 4 aromatic rings. The predicted octanol–water partition coefficient (Wildman–Crippen LogP) is 11.6. The Bertz CT molecular complexity index is 1840. The van der Waals surface area contributed by atoms with E-state index in [0.29, 0.717) is 30.2 Å². The number of anilines is 4. The molecule has 8 heteroatoms. The molecule has 5 fully saturated rings. The molecule has 0 aromatic heterocycles. The smallest absolute Gasteiger partial charge is 0.0367 e. The van der Waals surface area contributed by atoms with Crippen molar-refractivity contribution in [1.82, 2.24) is 20.0 Å². The molecule has 4 atom stereocenters. The lowest BCUT2D eigenvalue weighted by molar-refractivity contribution is 0.120. The van der Waals surface area contributed by atoms with Gasteiger partial charge in [0.05, 0.1) is 0 Å². The van der Waals surface area contributed by atoms with E-state index in [1.807, 2.05) is 27.7 Å². The van der Waals surface area contributed by atoms with Crippen LogP contribution in [0.3, 0.4) is 0 Å². The van der Waals surface area contributed by atoms with Crippen molar-refractivity contribution in [3.63, 3.8) is 0 Å². The summed E-state index contributed by atoms with van der Waals surface area (Å²) < 4.78 is 0. The number of para-hydroxylation sites is 1. The van der Waals surface area contributed by atoms with Crippen LogP contribution in [0.4, 0.5) is 22.7 Å². The third-order valence-corrected chi connectivity index (χ3v) is 14.2. The van der Waals surface area contributed by atoms with Gasteiger partial charge in [0.1, 0.15) is 0 Å². The number of hydrogen-bond donors (Lipinski definition) is 1. The number of likely N-dealkylation sites (N-methyl/N-ethyl adjacent to an activating group) is 1. The first-order valence-electron chi connectivity index (χ1n) is 26.5. The lowest BCUT2D eigenvalue weighted by Gasteiger charge is -2.43. The van der Waals surface area contributed by atoms with E-state index in [-0.39, 0.29) is 0 Å². The van der Waals surface area contributed by atoms with Gasteiger partial charge in [0.2, 0.25) is 0 Å². The van der Waals surface area contributed by atoms with E-state index in [4.69, 9.17) is 0 Å². The zero-order valence-corrected chi connectivity index (χ0v) is 45.0. The van der Waals surface area contributed by atoms with Crippen LogP contribution in [-0.2, 0) is 0 Å². The van der Waals surface area contributed by atoms with Crippen molar-refractivity contribution < 1.29 is 0 Å². The van der Waals surface area contributed by atoms with Gasteiger partial charge in [0.25, 0.3) is 0 Å². The molecule has 67 heavy (non-hydrogen) atoms. The number of piperazine rings is 4. The van der Waals surface area contributed by atoms with E-state index >= 15 is 0 Å². The van der Waals surface area contributed by atoms with Crippen molar-refractivity contribution in [2.24, 2.45) is 0 Å². The first-order valence-corrected chi connectivity index (χ1v) is 26.5. The lowest BCUT2D eigenvalue weighted by atomic mass is 9.91. The molecule has 372 valence electrons. The Kier molecular flexibility index (Phi) is 24.1. The molecule has 0 radical (unpaired) electrons. The summed E-state index contributed by atoms with van der Waals surface area (Å²) in [6.45, 7) is 42.1. The Morgan fingerprint density at radius 3 is 1.18 bits per heavy atom.